The van der Waals surface area contributed by atoms with Crippen molar-refractivity contribution in [2.75, 3.05) is 0 Å². The molecule has 0 aromatic rings. The first-order chi connectivity index (χ1) is 6.18. The van der Waals surface area contributed by atoms with Crippen molar-refractivity contribution in [3.05, 3.63) is 12.2 Å². The van der Waals surface area contributed by atoms with E-state index in [1.807, 2.05) is 13.8 Å². The summed E-state index contributed by atoms with van der Waals surface area (Å²) in [7, 11) is 0. The lowest BCUT2D eigenvalue weighted by molar-refractivity contribution is 0.211. The summed E-state index contributed by atoms with van der Waals surface area (Å²) in [6.07, 6.45) is 7.89. The molecule has 0 amide bonds. The molecule has 0 bridgehead atoms. The molecule has 1 N–H and O–H groups in total. The summed E-state index contributed by atoms with van der Waals surface area (Å²) in [4.78, 5) is 0. The second kappa shape index (κ2) is 5.22. The summed E-state index contributed by atoms with van der Waals surface area (Å²) >= 11 is 5.04. The lowest BCUT2D eigenvalue weighted by Gasteiger charge is -2.20. The van der Waals surface area contributed by atoms with Gasteiger partial charge in [0.15, 0.2) is 0 Å². The molecule has 1 aliphatic carbocycles. The van der Waals surface area contributed by atoms with E-state index in [1.54, 1.807) is 0 Å². The van der Waals surface area contributed by atoms with Crippen LogP contribution in [0.25, 0.3) is 0 Å². The SMILES string of the molecule is CC(C)NC(=S)OC1C=CCCC1. The molecule has 1 atom stereocenters. The molecular weight excluding hydrogens is 182 g/mol. The van der Waals surface area contributed by atoms with Crippen molar-refractivity contribution in [3.8, 4) is 0 Å². The van der Waals surface area contributed by atoms with Crippen molar-refractivity contribution in [1.82, 2.24) is 5.32 Å². The Kier molecular flexibility index (Phi) is 4.22. The maximum Gasteiger partial charge on any atom is 0.257 e. The van der Waals surface area contributed by atoms with Crippen LogP contribution in [-0.4, -0.2) is 17.3 Å². The third-order valence-electron chi connectivity index (χ3n) is 1.88. The van der Waals surface area contributed by atoms with Crippen LogP contribution < -0.4 is 5.32 Å². The molecule has 2 nitrogen and oxygen atoms in total. The topological polar surface area (TPSA) is 21.3 Å². The molecule has 13 heavy (non-hydrogen) atoms. The van der Waals surface area contributed by atoms with Crippen LogP contribution in [0, 0.1) is 0 Å². The number of allylic oxidation sites excluding steroid dienone is 1. The van der Waals surface area contributed by atoms with Gasteiger partial charge in [0.05, 0.1) is 0 Å². The molecule has 0 heterocycles. The van der Waals surface area contributed by atoms with Gasteiger partial charge in [0, 0.05) is 6.04 Å². The first-order valence-corrected chi connectivity index (χ1v) is 5.23. The maximum atomic E-state index is 5.54. The Labute approximate surface area is 85.4 Å². The third kappa shape index (κ3) is 4.27. The quantitative estimate of drug-likeness (QED) is 0.545. The van der Waals surface area contributed by atoms with Gasteiger partial charge in [-0.3, -0.25) is 0 Å². The van der Waals surface area contributed by atoms with E-state index in [4.69, 9.17) is 17.0 Å². The Morgan fingerprint density at radius 2 is 2.38 bits per heavy atom. The highest BCUT2D eigenvalue weighted by molar-refractivity contribution is 7.80. The molecule has 3 heteroatoms. The third-order valence-corrected chi connectivity index (χ3v) is 2.09. The maximum absolute atomic E-state index is 5.54. The fourth-order valence-electron chi connectivity index (χ4n) is 1.29. The standard InChI is InChI=1S/C10H17NOS/c1-8(2)11-10(13)12-9-6-4-3-5-7-9/h4,6,8-9H,3,5,7H2,1-2H3,(H,11,13). The van der Waals surface area contributed by atoms with Gasteiger partial charge in [-0.2, -0.15) is 0 Å². The highest BCUT2D eigenvalue weighted by atomic mass is 32.1. The molecule has 0 aromatic heterocycles. The van der Waals surface area contributed by atoms with Gasteiger partial charge < -0.3 is 10.1 Å². The number of thiocarbonyl (C=S) groups is 1. The van der Waals surface area contributed by atoms with Crippen LogP contribution in [0.4, 0.5) is 0 Å². The van der Waals surface area contributed by atoms with Crippen molar-refractivity contribution in [3.63, 3.8) is 0 Å². The highest BCUT2D eigenvalue weighted by Gasteiger charge is 2.11. The number of nitrogens with one attached hydrogen (secondary N) is 1. The zero-order valence-electron chi connectivity index (χ0n) is 8.25. The van der Waals surface area contributed by atoms with Crippen LogP contribution in [-0.2, 0) is 4.74 Å². The Bertz CT molecular complexity index is 201. The average molecular weight is 199 g/mol. The van der Waals surface area contributed by atoms with Crippen LogP contribution in [0.15, 0.2) is 12.2 Å². The van der Waals surface area contributed by atoms with Gasteiger partial charge in [-0.15, -0.1) is 0 Å². The van der Waals surface area contributed by atoms with Crippen LogP contribution in [0.3, 0.4) is 0 Å². The minimum atomic E-state index is 0.187. The van der Waals surface area contributed by atoms with E-state index in [9.17, 15) is 0 Å². The van der Waals surface area contributed by atoms with E-state index in [-0.39, 0.29) is 6.10 Å². The monoisotopic (exact) mass is 199 g/mol. The van der Waals surface area contributed by atoms with E-state index in [1.165, 1.54) is 12.8 Å². The second-order valence-corrected chi connectivity index (χ2v) is 3.97. The molecule has 1 rings (SSSR count). The first-order valence-electron chi connectivity index (χ1n) is 4.82. The van der Waals surface area contributed by atoms with Crippen LogP contribution in [0.1, 0.15) is 33.1 Å². The van der Waals surface area contributed by atoms with Crippen molar-refractivity contribution in [1.29, 1.82) is 0 Å². The van der Waals surface area contributed by atoms with Crippen LogP contribution in [0.5, 0.6) is 0 Å². The fraction of sp³-hybridized carbons (Fsp3) is 0.700. The second-order valence-electron chi connectivity index (χ2n) is 3.60. The smallest absolute Gasteiger partial charge is 0.257 e. The normalized spacial score (nSPS) is 21.6. The number of ether oxygens (including phenoxy) is 1. The largest absolute Gasteiger partial charge is 0.464 e. The summed E-state index contributed by atoms with van der Waals surface area (Å²) in [5.41, 5.74) is 0. The number of hydrogen-bond donors (Lipinski definition) is 1. The molecule has 0 fully saturated rings. The van der Waals surface area contributed by atoms with Gasteiger partial charge >= 0.3 is 0 Å². The van der Waals surface area contributed by atoms with E-state index in [0.29, 0.717) is 11.2 Å². The van der Waals surface area contributed by atoms with Crippen molar-refractivity contribution in [2.45, 2.75) is 45.3 Å². The van der Waals surface area contributed by atoms with Crippen molar-refractivity contribution < 1.29 is 4.74 Å². The Hall–Kier alpha value is -0.570. The van der Waals surface area contributed by atoms with Crippen LogP contribution in [0.2, 0.25) is 0 Å². The first kappa shape index (κ1) is 10.5. The van der Waals surface area contributed by atoms with Gasteiger partial charge in [0.2, 0.25) is 0 Å². The fourth-order valence-corrected chi connectivity index (χ4v) is 1.65. The van der Waals surface area contributed by atoms with E-state index < -0.39 is 0 Å². The average Bonchev–Trinajstić information content (AvgIpc) is 2.04. The van der Waals surface area contributed by atoms with Gasteiger partial charge in [0.25, 0.3) is 5.17 Å². The van der Waals surface area contributed by atoms with Gasteiger partial charge in [0.1, 0.15) is 6.10 Å². The molecule has 1 aliphatic rings. The number of rotatable bonds is 2. The van der Waals surface area contributed by atoms with Gasteiger partial charge in [-0.25, -0.2) is 0 Å². The van der Waals surface area contributed by atoms with Crippen molar-refractivity contribution >= 4 is 17.4 Å². The highest BCUT2D eigenvalue weighted by Crippen LogP contribution is 2.13. The molecule has 1 unspecified atom stereocenters. The van der Waals surface area contributed by atoms with E-state index >= 15 is 0 Å². The molecule has 0 radical (unpaired) electrons. The molecule has 0 aliphatic heterocycles. The molecule has 0 aromatic carbocycles. The summed E-state index contributed by atoms with van der Waals surface area (Å²) in [5, 5.41) is 3.59. The minimum Gasteiger partial charge on any atom is -0.464 e. The van der Waals surface area contributed by atoms with Gasteiger partial charge in [-0.1, -0.05) is 6.08 Å². The molecule has 0 saturated heterocycles. The Morgan fingerprint density at radius 1 is 1.62 bits per heavy atom. The lowest BCUT2D eigenvalue weighted by atomic mass is 10.1. The zero-order valence-corrected chi connectivity index (χ0v) is 9.06. The van der Waals surface area contributed by atoms with Crippen LogP contribution >= 0.6 is 12.2 Å². The minimum absolute atomic E-state index is 0.187. The molecule has 0 saturated carbocycles. The summed E-state index contributed by atoms with van der Waals surface area (Å²) in [6, 6.07) is 0.347. The summed E-state index contributed by atoms with van der Waals surface area (Å²) < 4.78 is 5.54. The summed E-state index contributed by atoms with van der Waals surface area (Å²) in [5.74, 6) is 0. The van der Waals surface area contributed by atoms with E-state index in [2.05, 4.69) is 17.5 Å². The molecule has 0 spiro atoms. The summed E-state index contributed by atoms with van der Waals surface area (Å²) in [6.45, 7) is 4.10. The van der Waals surface area contributed by atoms with Gasteiger partial charge in [-0.05, 0) is 51.4 Å². The molecule has 74 valence electrons. The zero-order chi connectivity index (χ0) is 9.68. The number of hydrogen-bond acceptors (Lipinski definition) is 2. The Morgan fingerprint density at radius 3 is 2.92 bits per heavy atom. The lowest BCUT2D eigenvalue weighted by Crippen LogP contribution is -2.33. The molecular formula is C10H17NOS. The predicted octanol–water partition coefficient (Wildman–Crippen LogP) is 2.39. The predicted molar refractivity (Wildman–Crippen MR) is 58.7 cm³/mol. The Balaban J connectivity index is 2.26. The van der Waals surface area contributed by atoms with E-state index in [0.717, 1.165) is 6.42 Å². The van der Waals surface area contributed by atoms with Crippen molar-refractivity contribution in [2.24, 2.45) is 0 Å².